The molecule has 1 amide bonds. The number of nitrogens with zero attached hydrogens (tertiary/aromatic N) is 1. The molecule has 19 heavy (non-hydrogen) atoms. The van der Waals surface area contributed by atoms with E-state index in [4.69, 9.17) is 0 Å². The molecule has 0 saturated heterocycles. The summed E-state index contributed by atoms with van der Waals surface area (Å²) < 4.78 is 0. The van der Waals surface area contributed by atoms with Gasteiger partial charge in [-0.3, -0.25) is 4.79 Å². The number of rotatable bonds is 2. The van der Waals surface area contributed by atoms with Crippen molar-refractivity contribution < 1.29 is 4.79 Å². The Morgan fingerprint density at radius 1 is 1.32 bits per heavy atom. The van der Waals surface area contributed by atoms with Crippen molar-refractivity contribution in [3.8, 4) is 0 Å². The van der Waals surface area contributed by atoms with Crippen LogP contribution in [0.2, 0.25) is 0 Å². The van der Waals surface area contributed by atoms with Crippen LogP contribution in [0, 0.1) is 0 Å². The molecule has 0 atom stereocenters. The van der Waals surface area contributed by atoms with Crippen LogP contribution in [0.25, 0.3) is 0 Å². The molecule has 94 valence electrons. The summed E-state index contributed by atoms with van der Waals surface area (Å²) in [5.41, 5.74) is 3.24. The van der Waals surface area contributed by atoms with E-state index in [1.54, 1.807) is 6.20 Å². The number of anilines is 2. The van der Waals surface area contributed by atoms with Crippen molar-refractivity contribution >= 4 is 17.4 Å². The fraction of sp³-hybridized carbons (Fsp3) is 0.0667. The molecule has 1 aliphatic rings. The highest BCUT2D eigenvalue weighted by atomic mass is 16.1. The van der Waals surface area contributed by atoms with Gasteiger partial charge in [0, 0.05) is 29.6 Å². The molecule has 1 aromatic carbocycles. The van der Waals surface area contributed by atoms with Gasteiger partial charge in [-0.1, -0.05) is 24.8 Å². The molecule has 0 aliphatic carbocycles. The van der Waals surface area contributed by atoms with E-state index in [9.17, 15) is 4.79 Å². The highest BCUT2D eigenvalue weighted by Gasteiger charge is 2.17. The van der Waals surface area contributed by atoms with E-state index in [2.05, 4.69) is 22.2 Å². The van der Waals surface area contributed by atoms with Gasteiger partial charge in [0.15, 0.2) is 0 Å². The number of allylic oxidation sites excluding steroid dienone is 1. The summed E-state index contributed by atoms with van der Waals surface area (Å²) in [4.78, 5) is 16.3. The van der Waals surface area contributed by atoms with Crippen LogP contribution in [-0.4, -0.2) is 10.9 Å². The third-order valence-corrected chi connectivity index (χ3v) is 2.96. The normalized spacial score (nSPS) is 12.7. The van der Waals surface area contributed by atoms with Crippen LogP contribution < -0.4 is 10.6 Å². The molecule has 0 radical (unpaired) electrons. The summed E-state index contributed by atoms with van der Waals surface area (Å²) in [5.74, 6) is 0.639. The number of para-hydroxylation sites is 1. The van der Waals surface area contributed by atoms with Gasteiger partial charge in [-0.05, 0) is 18.2 Å². The molecule has 0 unspecified atom stereocenters. The van der Waals surface area contributed by atoms with Gasteiger partial charge in [0.25, 0.3) is 5.91 Å². The fourth-order valence-corrected chi connectivity index (χ4v) is 2.05. The first kappa shape index (κ1) is 11.5. The smallest absolute Gasteiger partial charge is 0.257 e. The second kappa shape index (κ2) is 4.57. The highest BCUT2D eigenvalue weighted by Crippen LogP contribution is 2.25. The van der Waals surface area contributed by atoms with Crippen LogP contribution in [0.1, 0.15) is 15.9 Å². The first-order chi connectivity index (χ1) is 9.22. The third kappa shape index (κ3) is 2.33. The van der Waals surface area contributed by atoms with Gasteiger partial charge in [0.1, 0.15) is 5.82 Å². The monoisotopic (exact) mass is 251 g/mol. The predicted molar refractivity (Wildman–Crippen MR) is 75.1 cm³/mol. The van der Waals surface area contributed by atoms with Crippen molar-refractivity contribution in [2.45, 2.75) is 6.42 Å². The minimum absolute atomic E-state index is 0.154. The molecular weight excluding hydrogens is 238 g/mol. The summed E-state index contributed by atoms with van der Waals surface area (Å²) in [6.07, 6.45) is 2.29. The number of pyridine rings is 1. The van der Waals surface area contributed by atoms with Crippen LogP contribution in [0.3, 0.4) is 0 Å². The Morgan fingerprint density at radius 2 is 2.11 bits per heavy atom. The largest absolute Gasteiger partial charge is 0.344 e. The number of benzene rings is 1. The molecule has 2 aromatic rings. The molecule has 2 heterocycles. The minimum atomic E-state index is -0.154. The Labute approximate surface area is 111 Å². The zero-order valence-corrected chi connectivity index (χ0v) is 10.3. The van der Waals surface area contributed by atoms with Crippen LogP contribution in [0.4, 0.5) is 11.5 Å². The van der Waals surface area contributed by atoms with E-state index in [-0.39, 0.29) is 5.91 Å². The first-order valence-electron chi connectivity index (χ1n) is 6.02. The van der Waals surface area contributed by atoms with Crippen LogP contribution >= 0.6 is 0 Å². The molecule has 4 heteroatoms. The fourth-order valence-electron chi connectivity index (χ4n) is 2.05. The minimum Gasteiger partial charge on any atom is -0.344 e. The Balaban J connectivity index is 1.82. The van der Waals surface area contributed by atoms with Gasteiger partial charge in [-0.2, -0.15) is 0 Å². The molecule has 0 saturated carbocycles. The lowest BCUT2D eigenvalue weighted by molar-refractivity contribution is 0.102. The average Bonchev–Trinajstić information content (AvgIpc) is 2.78. The third-order valence-electron chi connectivity index (χ3n) is 2.96. The zero-order chi connectivity index (χ0) is 13.2. The summed E-state index contributed by atoms with van der Waals surface area (Å²) >= 11 is 0. The van der Waals surface area contributed by atoms with Crippen LogP contribution in [0.15, 0.2) is 54.9 Å². The maximum Gasteiger partial charge on any atom is 0.257 e. The van der Waals surface area contributed by atoms with Crippen LogP contribution in [0.5, 0.6) is 0 Å². The highest BCUT2D eigenvalue weighted by molar-refractivity contribution is 6.04. The number of nitrogens with one attached hydrogen (secondary N) is 2. The Hall–Kier alpha value is -2.62. The van der Waals surface area contributed by atoms with Gasteiger partial charge >= 0.3 is 0 Å². The number of carbonyl (C=O) groups is 1. The lowest BCUT2D eigenvalue weighted by atomic mass is 10.1. The number of hydrogen-bond acceptors (Lipinski definition) is 3. The summed E-state index contributed by atoms with van der Waals surface area (Å²) in [6, 6.07) is 11.2. The second-order valence-electron chi connectivity index (χ2n) is 4.46. The molecule has 4 nitrogen and oxygen atoms in total. The second-order valence-corrected chi connectivity index (χ2v) is 4.46. The Morgan fingerprint density at radius 3 is 2.89 bits per heavy atom. The van der Waals surface area contributed by atoms with Crippen molar-refractivity contribution in [3.63, 3.8) is 0 Å². The molecule has 1 aliphatic heterocycles. The Kier molecular flexibility index (Phi) is 2.76. The zero-order valence-electron chi connectivity index (χ0n) is 10.3. The number of carbonyl (C=O) groups excluding carboxylic acids is 1. The number of aromatic nitrogens is 1. The summed E-state index contributed by atoms with van der Waals surface area (Å²) in [5, 5.41) is 5.91. The van der Waals surface area contributed by atoms with Gasteiger partial charge in [0.2, 0.25) is 0 Å². The van der Waals surface area contributed by atoms with Crippen molar-refractivity contribution in [1.82, 2.24) is 4.98 Å². The van der Waals surface area contributed by atoms with Gasteiger partial charge in [-0.25, -0.2) is 4.98 Å². The van der Waals surface area contributed by atoms with Crippen molar-refractivity contribution in [1.29, 1.82) is 0 Å². The van der Waals surface area contributed by atoms with Crippen molar-refractivity contribution in [2.75, 3.05) is 10.6 Å². The predicted octanol–water partition coefficient (Wildman–Crippen LogP) is 2.82. The quantitative estimate of drug-likeness (QED) is 0.863. The van der Waals surface area contributed by atoms with E-state index < -0.39 is 0 Å². The summed E-state index contributed by atoms with van der Waals surface area (Å²) in [7, 11) is 0. The van der Waals surface area contributed by atoms with Gasteiger partial charge in [-0.15, -0.1) is 0 Å². The van der Waals surface area contributed by atoms with Crippen molar-refractivity contribution in [2.24, 2.45) is 0 Å². The average molecular weight is 251 g/mol. The molecule has 0 fully saturated rings. The summed E-state index contributed by atoms with van der Waals surface area (Å²) in [6.45, 7) is 3.86. The first-order valence-corrected chi connectivity index (χ1v) is 6.02. The van der Waals surface area contributed by atoms with E-state index in [0.717, 1.165) is 29.2 Å². The van der Waals surface area contributed by atoms with E-state index >= 15 is 0 Å². The topological polar surface area (TPSA) is 54.0 Å². The van der Waals surface area contributed by atoms with E-state index in [1.807, 2.05) is 36.4 Å². The van der Waals surface area contributed by atoms with Gasteiger partial charge in [0.05, 0.1) is 5.56 Å². The van der Waals surface area contributed by atoms with E-state index in [1.165, 1.54) is 0 Å². The number of fused-ring (bicyclic) bond motifs is 1. The molecule has 0 bridgehead atoms. The molecule has 1 aromatic heterocycles. The number of hydrogen-bond donors (Lipinski definition) is 2. The molecular formula is C15H13N3O. The lowest BCUT2D eigenvalue weighted by Crippen LogP contribution is -2.12. The SMILES string of the molecule is C=C1Cc2cc(C(=O)Nc3ccccc3)cnc2N1. The van der Waals surface area contributed by atoms with E-state index in [0.29, 0.717) is 5.56 Å². The lowest BCUT2D eigenvalue weighted by Gasteiger charge is -2.06. The Bertz CT molecular complexity index is 650. The van der Waals surface area contributed by atoms with Crippen molar-refractivity contribution in [3.05, 3.63) is 66.0 Å². The maximum atomic E-state index is 12.1. The standard InChI is InChI=1S/C15H13N3O/c1-10-7-11-8-12(9-16-14(11)17-10)15(19)18-13-5-3-2-4-6-13/h2-6,8-9H,1,7H2,(H,16,17)(H,18,19). The van der Waals surface area contributed by atoms with Gasteiger partial charge < -0.3 is 10.6 Å². The molecule has 3 rings (SSSR count). The molecule has 0 spiro atoms. The van der Waals surface area contributed by atoms with Crippen LogP contribution in [-0.2, 0) is 6.42 Å². The molecule has 2 N–H and O–H groups in total. The number of amides is 1. The maximum absolute atomic E-state index is 12.1.